The van der Waals surface area contributed by atoms with Crippen molar-refractivity contribution in [3.8, 4) is 11.5 Å². The van der Waals surface area contributed by atoms with Crippen molar-refractivity contribution in [1.82, 2.24) is 0 Å². The Morgan fingerprint density at radius 1 is 0.735 bits per heavy atom. The van der Waals surface area contributed by atoms with E-state index < -0.39 is 0 Å². The highest BCUT2D eigenvalue weighted by Gasteiger charge is 2.52. The summed E-state index contributed by atoms with van der Waals surface area (Å²) in [5, 5.41) is 0. The number of ether oxygens (including phenoxy) is 4. The highest BCUT2D eigenvalue weighted by atomic mass is 16.7. The van der Waals surface area contributed by atoms with Crippen LogP contribution in [0.3, 0.4) is 0 Å². The lowest BCUT2D eigenvalue weighted by molar-refractivity contribution is -0.125. The van der Waals surface area contributed by atoms with Gasteiger partial charge in [0.05, 0.1) is 0 Å². The second kappa shape index (κ2) is 14.9. The summed E-state index contributed by atoms with van der Waals surface area (Å²) in [5.41, 5.74) is 9.65. The van der Waals surface area contributed by atoms with Gasteiger partial charge in [0.2, 0.25) is 0 Å². The molecule has 0 saturated carbocycles. The molecule has 0 N–H and O–H groups in total. The Hall–Kier alpha value is -3.22. The average Bonchev–Trinajstić information content (AvgIpc) is 3.57. The van der Waals surface area contributed by atoms with Gasteiger partial charge in [0.15, 0.2) is 25.2 Å². The van der Waals surface area contributed by atoms with Gasteiger partial charge in [-0.05, 0) is 121 Å². The van der Waals surface area contributed by atoms with Gasteiger partial charge in [-0.25, -0.2) is 0 Å². The molecule has 6 rings (SSSR count). The highest BCUT2D eigenvalue weighted by molar-refractivity contribution is 6.09. The Bertz CT molecular complexity index is 1630. The van der Waals surface area contributed by atoms with E-state index in [4.69, 9.17) is 18.9 Å². The number of ketones is 2. The molecule has 6 heteroatoms. The van der Waals surface area contributed by atoms with Crippen molar-refractivity contribution in [3.05, 3.63) is 69.8 Å². The predicted octanol–water partition coefficient (Wildman–Crippen LogP) is 9.96. The third-order valence-electron chi connectivity index (χ3n) is 11.5. The lowest BCUT2D eigenvalue weighted by atomic mass is 9.59. The minimum Gasteiger partial charge on any atom is -0.468 e. The van der Waals surface area contributed by atoms with E-state index >= 15 is 0 Å². The molecule has 4 aliphatic rings. The van der Waals surface area contributed by atoms with Crippen molar-refractivity contribution >= 4 is 22.7 Å². The first kappa shape index (κ1) is 37.0. The minimum absolute atomic E-state index is 0.0969. The number of unbranched alkanes of at least 4 members (excludes halogenated alkanes) is 2. The number of allylic oxidation sites excluding steroid dienone is 4. The third-order valence-corrected chi connectivity index (χ3v) is 11.5. The number of carbonyl (C=O) groups is 2. The molecule has 0 heterocycles. The molecule has 6 nitrogen and oxygen atoms in total. The van der Waals surface area contributed by atoms with Crippen LogP contribution in [0, 0.1) is 22.2 Å². The quantitative estimate of drug-likeness (QED) is 0.209. The molecule has 4 aliphatic carbocycles. The Morgan fingerprint density at radius 3 is 1.73 bits per heavy atom. The number of rotatable bonds is 12. The lowest BCUT2D eigenvalue weighted by Crippen LogP contribution is -2.39. The molecule has 3 unspecified atom stereocenters. The van der Waals surface area contributed by atoms with Crippen molar-refractivity contribution < 1.29 is 28.5 Å². The van der Waals surface area contributed by atoms with E-state index in [0.29, 0.717) is 11.6 Å². The van der Waals surface area contributed by atoms with Gasteiger partial charge in [0, 0.05) is 36.4 Å². The number of benzene rings is 2. The van der Waals surface area contributed by atoms with Crippen molar-refractivity contribution in [2.24, 2.45) is 22.2 Å². The Morgan fingerprint density at radius 2 is 1.22 bits per heavy atom. The van der Waals surface area contributed by atoms with Crippen LogP contribution < -0.4 is 9.47 Å². The number of hydrogen-bond donors (Lipinski definition) is 0. The standard InChI is InChI=1S/C22H30O3.C21H28O3/c1-6-7-10-22-12-16-11-17(25-14-24-5)8-9-18(16)19(22)15(2)20(23)21(3,4)13-22;1-5-6-9-21-11-14(2)20(22)15(3)19(21)18-8-7-17(24-13-23-4)10-16(18)12-21/h8-9,11H,6-7,10,12-14H2,1-5H3;7-8,10,14H,5-6,9,11-13H2,1-4H3. The van der Waals surface area contributed by atoms with E-state index in [2.05, 4.69) is 58.9 Å². The van der Waals surface area contributed by atoms with E-state index in [1.807, 2.05) is 26.0 Å². The van der Waals surface area contributed by atoms with Crippen LogP contribution in [-0.4, -0.2) is 39.4 Å². The number of carbonyl (C=O) groups excluding carboxylic acids is 2. The highest BCUT2D eigenvalue weighted by Crippen LogP contribution is 2.61. The van der Waals surface area contributed by atoms with Crippen molar-refractivity contribution in [3.63, 3.8) is 0 Å². The fourth-order valence-electron chi connectivity index (χ4n) is 9.72. The molecule has 49 heavy (non-hydrogen) atoms. The topological polar surface area (TPSA) is 71.1 Å². The molecule has 0 aliphatic heterocycles. The molecular weight excluding hydrogens is 612 g/mol. The van der Waals surface area contributed by atoms with E-state index in [9.17, 15) is 9.59 Å². The van der Waals surface area contributed by atoms with E-state index in [-0.39, 0.29) is 35.7 Å². The van der Waals surface area contributed by atoms with Crippen molar-refractivity contribution in [1.29, 1.82) is 0 Å². The van der Waals surface area contributed by atoms with Crippen LogP contribution in [-0.2, 0) is 31.9 Å². The van der Waals surface area contributed by atoms with Crippen LogP contribution in [0.1, 0.15) is 122 Å². The van der Waals surface area contributed by atoms with Gasteiger partial charge >= 0.3 is 0 Å². The summed E-state index contributed by atoms with van der Waals surface area (Å²) < 4.78 is 21.3. The molecule has 0 saturated heterocycles. The summed E-state index contributed by atoms with van der Waals surface area (Å²) in [4.78, 5) is 25.5. The summed E-state index contributed by atoms with van der Waals surface area (Å²) in [6.07, 6.45) is 11.0. The van der Waals surface area contributed by atoms with Crippen LogP contribution in [0.2, 0.25) is 0 Å². The van der Waals surface area contributed by atoms with Crippen LogP contribution in [0.25, 0.3) is 11.1 Å². The van der Waals surface area contributed by atoms with Gasteiger partial charge in [-0.2, -0.15) is 0 Å². The first-order chi connectivity index (χ1) is 23.4. The van der Waals surface area contributed by atoms with Crippen LogP contribution >= 0.6 is 0 Å². The largest absolute Gasteiger partial charge is 0.468 e. The molecule has 0 bridgehead atoms. The second-order valence-corrected chi connectivity index (χ2v) is 15.7. The van der Waals surface area contributed by atoms with E-state index in [1.54, 1.807) is 14.2 Å². The summed E-state index contributed by atoms with van der Waals surface area (Å²) >= 11 is 0. The molecular formula is C43H58O6. The average molecular weight is 671 g/mol. The van der Waals surface area contributed by atoms with Crippen molar-refractivity contribution in [2.75, 3.05) is 27.8 Å². The minimum atomic E-state index is -0.279. The van der Waals surface area contributed by atoms with Crippen LogP contribution in [0.5, 0.6) is 11.5 Å². The van der Waals surface area contributed by atoms with Gasteiger partial charge in [-0.1, -0.05) is 72.4 Å². The maximum Gasteiger partial charge on any atom is 0.188 e. The van der Waals surface area contributed by atoms with Gasteiger partial charge in [0.1, 0.15) is 11.5 Å². The zero-order chi connectivity index (χ0) is 35.6. The zero-order valence-corrected chi connectivity index (χ0v) is 31.5. The molecule has 0 spiro atoms. The maximum absolute atomic E-state index is 12.9. The van der Waals surface area contributed by atoms with Crippen LogP contribution in [0.15, 0.2) is 47.5 Å². The van der Waals surface area contributed by atoms with Gasteiger partial charge < -0.3 is 18.9 Å². The molecule has 2 aromatic carbocycles. The number of Topliss-reactive ketones (excluding diaryl/α,β-unsaturated/α-hetero) is 2. The second-order valence-electron chi connectivity index (χ2n) is 15.7. The number of hydrogen-bond acceptors (Lipinski definition) is 6. The SMILES string of the molecule is CCCCC12Cc3cc(OCOC)ccc3C1=C(C)C(=O)C(C)(C)C2.CCCCC12Cc3cc(OCOC)ccc3C1=C(C)C(=O)C(C)C2. The monoisotopic (exact) mass is 670 g/mol. The molecule has 0 fully saturated rings. The summed E-state index contributed by atoms with van der Waals surface area (Å²) in [6, 6.07) is 12.5. The van der Waals surface area contributed by atoms with E-state index in [1.165, 1.54) is 59.1 Å². The van der Waals surface area contributed by atoms with Crippen LogP contribution in [0.4, 0.5) is 0 Å². The first-order valence-electron chi connectivity index (χ1n) is 18.4. The fraction of sp³-hybridized carbons (Fsp3) is 0.581. The van der Waals surface area contributed by atoms with Crippen molar-refractivity contribution in [2.45, 2.75) is 113 Å². The predicted molar refractivity (Wildman–Crippen MR) is 197 cm³/mol. The lowest BCUT2D eigenvalue weighted by Gasteiger charge is -2.43. The molecule has 266 valence electrons. The summed E-state index contributed by atoms with van der Waals surface area (Å²) in [5.74, 6) is 2.45. The Labute approximate surface area is 294 Å². The summed E-state index contributed by atoms with van der Waals surface area (Å²) in [7, 11) is 3.26. The Balaban J connectivity index is 0.000000191. The number of fused-ring (bicyclic) bond motifs is 6. The first-order valence-corrected chi connectivity index (χ1v) is 18.4. The normalized spacial score (nSPS) is 25.0. The van der Waals surface area contributed by atoms with Gasteiger partial charge in [0.25, 0.3) is 0 Å². The molecule has 0 radical (unpaired) electrons. The number of methoxy groups -OCH3 is 2. The molecule has 2 aromatic rings. The van der Waals surface area contributed by atoms with E-state index in [0.717, 1.165) is 61.2 Å². The zero-order valence-electron chi connectivity index (χ0n) is 31.5. The Kier molecular flexibility index (Phi) is 11.3. The van der Waals surface area contributed by atoms with Gasteiger partial charge in [-0.15, -0.1) is 0 Å². The van der Waals surface area contributed by atoms with Gasteiger partial charge in [-0.3, -0.25) is 9.59 Å². The molecule has 3 atom stereocenters. The smallest absolute Gasteiger partial charge is 0.188 e. The maximum atomic E-state index is 12.9. The fourth-order valence-corrected chi connectivity index (χ4v) is 9.72. The molecule has 0 aromatic heterocycles. The summed E-state index contributed by atoms with van der Waals surface area (Å²) in [6.45, 7) is 15.4. The third kappa shape index (κ3) is 7.05. The molecule has 0 amide bonds.